The molecule has 0 spiro atoms. The van der Waals surface area contributed by atoms with Gasteiger partial charge in [-0.25, -0.2) is 4.79 Å². The summed E-state index contributed by atoms with van der Waals surface area (Å²) in [6, 6.07) is 2.46. The van der Waals surface area contributed by atoms with Crippen molar-refractivity contribution in [2.75, 3.05) is 7.05 Å². The first kappa shape index (κ1) is 14.3. The molecule has 2 heterocycles. The third-order valence-corrected chi connectivity index (χ3v) is 2.96. The lowest BCUT2D eigenvalue weighted by atomic mass is 10.3. The molecule has 0 bridgehead atoms. The second-order valence-corrected chi connectivity index (χ2v) is 4.29. The van der Waals surface area contributed by atoms with Gasteiger partial charge in [0.1, 0.15) is 11.4 Å². The Balaban J connectivity index is 2.61. The van der Waals surface area contributed by atoms with Crippen molar-refractivity contribution in [2.24, 2.45) is 7.05 Å². The molecule has 0 fully saturated rings. The molecule has 0 radical (unpaired) electrons. The van der Waals surface area contributed by atoms with Crippen molar-refractivity contribution in [3.05, 3.63) is 46.0 Å². The first-order valence-corrected chi connectivity index (χ1v) is 5.84. The number of carbonyl (C=O) groups is 2. The Kier molecular flexibility index (Phi) is 3.49. The number of nitrogens with zero attached hydrogens (tertiary/aromatic N) is 3. The summed E-state index contributed by atoms with van der Waals surface area (Å²) in [4.78, 5) is 33.1. The van der Waals surface area contributed by atoms with Gasteiger partial charge in [0.05, 0.1) is 16.8 Å². The molecule has 0 aliphatic heterocycles. The van der Waals surface area contributed by atoms with E-state index in [0.29, 0.717) is 5.69 Å². The maximum Gasteiger partial charge on any atom is 0.352 e. The Hall–Kier alpha value is -3.10. The molecule has 1 amide bonds. The van der Waals surface area contributed by atoms with Crippen molar-refractivity contribution < 1.29 is 19.6 Å². The van der Waals surface area contributed by atoms with Crippen LogP contribution in [-0.2, 0) is 7.05 Å². The smallest absolute Gasteiger partial charge is 0.352 e. The minimum Gasteiger partial charge on any atom is -0.477 e. The number of aryl methyl sites for hydroxylation is 1. The standard InChI is InChI=1S/C12H12N4O5/c1-13-11(17)9-4-8(16(20)21)6-15(9)7-3-10(12(18)19)14(2)5-7/h3-6H,1-2H3,(H,13,17)(H,18,19). The molecule has 2 N–H and O–H groups in total. The van der Waals surface area contributed by atoms with Crippen LogP contribution in [0, 0.1) is 10.1 Å². The molecule has 0 atom stereocenters. The first-order valence-electron chi connectivity index (χ1n) is 5.84. The zero-order valence-corrected chi connectivity index (χ0v) is 11.2. The molecule has 0 saturated carbocycles. The van der Waals surface area contributed by atoms with E-state index in [1.165, 1.54) is 41.7 Å². The van der Waals surface area contributed by atoms with Crippen molar-refractivity contribution in [3.8, 4) is 5.69 Å². The number of hydrogen-bond acceptors (Lipinski definition) is 4. The normalized spacial score (nSPS) is 10.4. The van der Waals surface area contributed by atoms with Gasteiger partial charge in [-0.1, -0.05) is 0 Å². The van der Waals surface area contributed by atoms with E-state index in [1.807, 2.05) is 0 Å². The quantitative estimate of drug-likeness (QED) is 0.637. The number of carboxylic acids is 1. The number of nitrogens with one attached hydrogen (secondary N) is 1. The second-order valence-electron chi connectivity index (χ2n) is 4.29. The minimum atomic E-state index is -1.13. The molecule has 9 heteroatoms. The van der Waals surface area contributed by atoms with Gasteiger partial charge in [0, 0.05) is 26.4 Å². The number of amides is 1. The van der Waals surface area contributed by atoms with Gasteiger partial charge in [-0.15, -0.1) is 0 Å². The molecule has 21 heavy (non-hydrogen) atoms. The molecular formula is C12H12N4O5. The van der Waals surface area contributed by atoms with E-state index < -0.39 is 16.8 Å². The summed E-state index contributed by atoms with van der Waals surface area (Å²) in [6.45, 7) is 0. The van der Waals surface area contributed by atoms with Crippen molar-refractivity contribution in [2.45, 2.75) is 0 Å². The van der Waals surface area contributed by atoms with Gasteiger partial charge in [0.25, 0.3) is 11.6 Å². The fourth-order valence-electron chi connectivity index (χ4n) is 1.96. The van der Waals surface area contributed by atoms with E-state index in [2.05, 4.69) is 5.32 Å². The number of carboxylic acid groups (broad SMARTS) is 1. The predicted molar refractivity (Wildman–Crippen MR) is 71.7 cm³/mol. The highest BCUT2D eigenvalue weighted by Gasteiger charge is 2.21. The third kappa shape index (κ3) is 2.48. The number of aromatic carboxylic acids is 1. The van der Waals surface area contributed by atoms with Gasteiger partial charge in [0.15, 0.2) is 0 Å². The number of hydrogen-bond donors (Lipinski definition) is 2. The van der Waals surface area contributed by atoms with E-state index in [0.717, 1.165) is 6.07 Å². The first-order chi connectivity index (χ1) is 9.85. The van der Waals surface area contributed by atoms with Crippen LogP contribution >= 0.6 is 0 Å². The zero-order chi connectivity index (χ0) is 15.7. The number of aromatic nitrogens is 2. The molecule has 2 aromatic rings. The molecule has 9 nitrogen and oxygen atoms in total. The number of nitro groups is 1. The summed E-state index contributed by atoms with van der Waals surface area (Å²) in [5.41, 5.74) is 0.145. The molecular weight excluding hydrogens is 280 g/mol. The van der Waals surface area contributed by atoms with Gasteiger partial charge in [-0.05, 0) is 6.07 Å². The maximum atomic E-state index is 11.8. The fourth-order valence-corrected chi connectivity index (χ4v) is 1.96. The molecule has 2 rings (SSSR count). The summed E-state index contributed by atoms with van der Waals surface area (Å²) in [7, 11) is 2.93. The Labute approximate surface area is 118 Å². The summed E-state index contributed by atoms with van der Waals surface area (Å²) in [5, 5.41) is 22.3. The summed E-state index contributed by atoms with van der Waals surface area (Å²) in [6.07, 6.45) is 2.64. The van der Waals surface area contributed by atoms with Crippen molar-refractivity contribution >= 4 is 17.6 Å². The lowest BCUT2D eigenvalue weighted by Gasteiger charge is -2.04. The van der Waals surface area contributed by atoms with Gasteiger partial charge < -0.3 is 19.6 Å². The Morgan fingerprint density at radius 3 is 2.43 bits per heavy atom. The lowest BCUT2D eigenvalue weighted by molar-refractivity contribution is -0.384. The third-order valence-electron chi connectivity index (χ3n) is 2.96. The molecule has 0 saturated heterocycles. The molecule has 0 aromatic carbocycles. The zero-order valence-electron chi connectivity index (χ0n) is 11.2. The Bertz CT molecular complexity index is 743. The molecule has 0 unspecified atom stereocenters. The maximum absolute atomic E-state index is 11.8. The molecule has 0 aliphatic carbocycles. The monoisotopic (exact) mass is 292 g/mol. The average Bonchev–Trinajstić information content (AvgIpc) is 3.01. The van der Waals surface area contributed by atoms with Crippen LogP contribution in [0.3, 0.4) is 0 Å². The van der Waals surface area contributed by atoms with Crippen LogP contribution in [0.1, 0.15) is 21.0 Å². The lowest BCUT2D eigenvalue weighted by Crippen LogP contribution is -2.20. The summed E-state index contributed by atoms with van der Waals surface area (Å²) < 4.78 is 2.64. The van der Waals surface area contributed by atoms with E-state index in [1.54, 1.807) is 0 Å². The molecule has 2 aromatic heterocycles. The van der Waals surface area contributed by atoms with Crippen molar-refractivity contribution in [1.29, 1.82) is 0 Å². The largest absolute Gasteiger partial charge is 0.477 e. The van der Waals surface area contributed by atoms with Crippen molar-refractivity contribution in [1.82, 2.24) is 14.5 Å². The van der Waals surface area contributed by atoms with E-state index >= 15 is 0 Å². The molecule has 0 aliphatic rings. The Morgan fingerprint density at radius 1 is 1.29 bits per heavy atom. The highest BCUT2D eigenvalue weighted by Crippen LogP contribution is 2.22. The Morgan fingerprint density at radius 2 is 1.95 bits per heavy atom. The minimum absolute atomic E-state index is 0.00390. The van der Waals surface area contributed by atoms with Crippen LogP contribution in [-0.4, -0.2) is 38.1 Å². The highest BCUT2D eigenvalue weighted by molar-refractivity contribution is 5.94. The average molecular weight is 292 g/mol. The predicted octanol–water partition coefficient (Wildman–Crippen LogP) is 0.782. The fraction of sp³-hybridized carbons (Fsp3) is 0.167. The van der Waals surface area contributed by atoms with Gasteiger partial charge in [-0.2, -0.15) is 0 Å². The van der Waals surface area contributed by atoms with Crippen molar-refractivity contribution in [3.63, 3.8) is 0 Å². The SMILES string of the molecule is CNC(=O)c1cc([N+](=O)[O-])cn1-c1cc(C(=O)O)n(C)c1. The highest BCUT2D eigenvalue weighted by atomic mass is 16.6. The van der Waals surface area contributed by atoms with Crippen LogP contribution < -0.4 is 5.32 Å². The second kappa shape index (κ2) is 5.12. The van der Waals surface area contributed by atoms with Crippen LogP contribution in [0.4, 0.5) is 5.69 Å². The number of rotatable bonds is 4. The number of carbonyl (C=O) groups excluding carboxylic acids is 1. The summed E-state index contributed by atoms with van der Waals surface area (Å²) >= 11 is 0. The van der Waals surface area contributed by atoms with E-state index in [4.69, 9.17) is 5.11 Å². The van der Waals surface area contributed by atoms with Crippen LogP contribution in [0.2, 0.25) is 0 Å². The van der Waals surface area contributed by atoms with Crippen LogP contribution in [0.25, 0.3) is 5.69 Å². The van der Waals surface area contributed by atoms with Crippen LogP contribution in [0.5, 0.6) is 0 Å². The van der Waals surface area contributed by atoms with Gasteiger partial charge >= 0.3 is 5.97 Å². The van der Waals surface area contributed by atoms with Gasteiger partial charge in [-0.3, -0.25) is 14.9 Å². The topological polar surface area (TPSA) is 119 Å². The van der Waals surface area contributed by atoms with E-state index in [9.17, 15) is 19.7 Å². The summed E-state index contributed by atoms with van der Waals surface area (Å²) in [5.74, 6) is -1.64. The molecule has 110 valence electrons. The van der Waals surface area contributed by atoms with Crippen LogP contribution in [0.15, 0.2) is 24.5 Å². The van der Waals surface area contributed by atoms with E-state index in [-0.39, 0.29) is 17.1 Å². The van der Waals surface area contributed by atoms with Gasteiger partial charge in [0.2, 0.25) is 0 Å².